The Balaban J connectivity index is 2.07. The van der Waals surface area contributed by atoms with E-state index in [-0.39, 0.29) is 16.2 Å². The van der Waals surface area contributed by atoms with Gasteiger partial charge in [0.25, 0.3) is 0 Å². The van der Waals surface area contributed by atoms with Crippen molar-refractivity contribution in [2.24, 2.45) is 5.41 Å². The molecule has 0 spiro atoms. The van der Waals surface area contributed by atoms with E-state index in [1.165, 1.54) is 28.1 Å². The molecule has 0 amide bonds. The van der Waals surface area contributed by atoms with Gasteiger partial charge >= 0.3 is 0 Å². The molecule has 138 valence electrons. The summed E-state index contributed by atoms with van der Waals surface area (Å²) in [5, 5.41) is 0. The van der Waals surface area contributed by atoms with Crippen molar-refractivity contribution in [2.75, 3.05) is 0 Å². The second kappa shape index (κ2) is 5.79. The SMILES string of the molecule is CC1(C)c2cc(-c3ccccc3)[n+](-c3ccccc3)cc2C(C)(C)C1(C)C. The van der Waals surface area contributed by atoms with Gasteiger partial charge < -0.3 is 0 Å². The van der Waals surface area contributed by atoms with Gasteiger partial charge in [-0.2, -0.15) is 4.57 Å². The average molecular weight is 357 g/mol. The quantitative estimate of drug-likeness (QED) is 0.480. The van der Waals surface area contributed by atoms with Crippen LogP contribution in [0.15, 0.2) is 72.9 Å². The van der Waals surface area contributed by atoms with Crippen LogP contribution in [0.2, 0.25) is 0 Å². The summed E-state index contributed by atoms with van der Waals surface area (Å²) in [6.07, 6.45) is 2.39. The van der Waals surface area contributed by atoms with E-state index in [2.05, 4.69) is 119 Å². The Morgan fingerprint density at radius 1 is 0.630 bits per heavy atom. The molecule has 1 heterocycles. The first kappa shape index (κ1) is 18.0. The van der Waals surface area contributed by atoms with Crippen LogP contribution in [0.4, 0.5) is 0 Å². The summed E-state index contributed by atoms with van der Waals surface area (Å²) in [5.74, 6) is 0. The molecule has 1 aliphatic carbocycles. The molecule has 4 rings (SSSR count). The maximum absolute atomic E-state index is 2.44. The van der Waals surface area contributed by atoms with Crippen LogP contribution >= 0.6 is 0 Å². The fraction of sp³-hybridized carbons (Fsp3) is 0.346. The Kier molecular flexibility index (Phi) is 3.86. The minimum absolute atomic E-state index is 0.0948. The van der Waals surface area contributed by atoms with Gasteiger partial charge in [0.1, 0.15) is 0 Å². The van der Waals surface area contributed by atoms with Crippen molar-refractivity contribution < 1.29 is 4.57 Å². The molecular weight excluding hydrogens is 326 g/mol. The van der Waals surface area contributed by atoms with Crippen LogP contribution in [0.1, 0.15) is 52.7 Å². The number of para-hydroxylation sites is 1. The van der Waals surface area contributed by atoms with Crippen molar-refractivity contribution in [3.63, 3.8) is 0 Å². The van der Waals surface area contributed by atoms with Gasteiger partial charge in [-0.25, -0.2) is 0 Å². The third-order valence-electron chi connectivity index (χ3n) is 7.66. The highest BCUT2D eigenvalue weighted by molar-refractivity contribution is 5.61. The lowest BCUT2D eigenvalue weighted by molar-refractivity contribution is -0.584. The molecule has 0 bridgehead atoms. The first-order chi connectivity index (χ1) is 12.7. The van der Waals surface area contributed by atoms with Crippen LogP contribution in [0, 0.1) is 5.41 Å². The number of aromatic nitrogens is 1. The third kappa shape index (κ3) is 2.41. The predicted octanol–water partition coefficient (Wildman–Crippen LogP) is 6.23. The summed E-state index contributed by atoms with van der Waals surface area (Å²) < 4.78 is 2.37. The van der Waals surface area contributed by atoms with E-state index in [1.54, 1.807) is 0 Å². The largest absolute Gasteiger partial charge is 0.218 e. The van der Waals surface area contributed by atoms with E-state index in [1.807, 2.05) is 0 Å². The van der Waals surface area contributed by atoms with Gasteiger partial charge in [0, 0.05) is 34.7 Å². The zero-order valence-electron chi connectivity index (χ0n) is 17.4. The van der Waals surface area contributed by atoms with E-state index in [9.17, 15) is 0 Å². The van der Waals surface area contributed by atoms with Crippen molar-refractivity contribution in [3.05, 3.63) is 84.1 Å². The van der Waals surface area contributed by atoms with E-state index in [0.29, 0.717) is 0 Å². The molecule has 1 heteroatoms. The summed E-state index contributed by atoms with van der Waals surface area (Å²) >= 11 is 0. The normalized spacial score (nSPS) is 18.9. The second-order valence-corrected chi connectivity index (χ2v) is 9.43. The van der Waals surface area contributed by atoms with Crippen LogP contribution in [0.3, 0.4) is 0 Å². The molecule has 0 saturated heterocycles. The van der Waals surface area contributed by atoms with E-state index in [4.69, 9.17) is 0 Å². The number of nitrogens with zero attached hydrogens (tertiary/aromatic N) is 1. The lowest BCUT2D eigenvalue weighted by Crippen LogP contribution is -2.42. The lowest BCUT2D eigenvalue weighted by Gasteiger charge is -2.44. The fourth-order valence-corrected chi connectivity index (χ4v) is 4.66. The molecule has 0 aliphatic heterocycles. The summed E-state index contributed by atoms with van der Waals surface area (Å²) in [4.78, 5) is 0. The Morgan fingerprint density at radius 3 is 1.74 bits per heavy atom. The molecule has 0 saturated carbocycles. The summed E-state index contributed by atoms with van der Waals surface area (Å²) in [6, 6.07) is 23.9. The lowest BCUT2D eigenvalue weighted by atomic mass is 9.59. The summed E-state index contributed by atoms with van der Waals surface area (Å²) in [7, 11) is 0. The van der Waals surface area contributed by atoms with Gasteiger partial charge in [0.2, 0.25) is 11.4 Å². The monoisotopic (exact) mass is 356 g/mol. The van der Waals surface area contributed by atoms with Crippen LogP contribution in [0.25, 0.3) is 16.9 Å². The number of pyridine rings is 1. The van der Waals surface area contributed by atoms with Crippen molar-refractivity contribution in [1.29, 1.82) is 0 Å². The number of fused-ring (bicyclic) bond motifs is 1. The van der Waals surface area contributed by atoms with Gasteiger partial charge in [0.15, 0.2) is 6.20 Å². The maximum Gasteiger partial charge on any atom is 0.218 e. The average Bonchev–Trinajstić information content (AvgIpc) is 2.77. The van der Waals surface area contributed by atoms with Crippen LogP contribution in [-0.2, 0) is 10.8 Å². The standard InChI is InChI=1S/C26H30N/c1-24(2)21-17-23(19-13-9-7-10-14-19)27(20-15-11-8-12-16-20)18-22(21)25(3,4)26(24,5)6/h7-18H,1-6H3/q+1. The summed E-state index contributed by atoms with van der Waals surface area (Å²) in [6.45, 7) is 14.4. The molecule has 3 aromatic rings. The first-order valence-electron chi connectivity index (χ1n) is 9.89. The number of hydrogen-bond donors (Lipinski definition) is 0. The molecule has 1 aromatic heterocycles. The Morgan fingerprint density at radius 2 is 1.15 bits per heavy atom. The van der Waals surface area contributed by atoms with Crippen molar-refractivity contribution >= 4 is 0 Å². The number of hydrogen-bond acceptors (Lipinski definition) is 0. The molecule has 1 aliphatic rings. The molecule has 0 unspecified atom stereocenters. The van der Waals surface area contributed by atoms with Crippen molar-refractivity contribution in [2.45, 2.75) is 52.4 Å². The molecule has 1 nitrogen and oxygen atoms in total. The second-order valence-electron chi connectivity index (χ2n) is 9.43. The summed E-state index contributed by atoms with van der Waals surface area (Å²) in [5.41, 5.74) is 7.00. The smallest absolute Gasteiger partial charge is 0.160 e. The van der Waals surface area contributed by atoms with E-state index < -0.39 is 0 Å². The predicted molar refractivity (Wildman–Crippen MR) is 113 cm³/mol. The van der Waals surface area contributed by atoms with Crippen LogP contribution in [0.5, 0.6) is 0 Å². The van der Waals surface area contributed by atoms with Crippen molar-refractivity contribution in [3.8, 4) is 16.9 Å². The zero-order valence-corrected chi connectivity index (χ0v) is 17.4. The molecule has 2 aromatic carbocycles. The molecule has 0 radical (unpaired) electrons. The number of benzene rings is 2. The highest BCUT2D eigenvalue weighted by Gasteiger charge is 2.58. The molecule has 27 heavy (non-hydrogen) atoms. The van der Waals surface area contributed by atoms with Gasteiger partial charge in [-0.05, 0) is 28.5 Å². The molecule has 0 fully saturated rings. The van der Waals surface area contributed by atoms with Gasteiger partial charge in [-0.1, -0.05) is 77.9 Å². The molecular formula is C26H30N+. The van der Waals surface area contributed by atoms with Gasteiger partial charge in [0.05, 0.1) is 0 Å². The first-order valence-corrected chi connectivity index (χ1v) is 9.89. The highest BCUT2D eigenvalue weighted by atomic mass is 15.0. The van der Waals surface area contributed by atoms with E-state index >= 15 is 0 Å². The van der Waals surface area contributed by atoms with Crippen molar-refractivity contribution in [1.82, 2.24) is 0 Å². The minimum Gasteiger partial charge on any atom is -0.160 e. The third-order valence-corrected chi connectivity index (χ3v) is 7.66. The van der Waals surface area contributed by atoms with Gasteiger partial charge in [-0.3, -0.25) is 0 Å². The van der Waals surface area contributed by atoms with Gasteiger partial charge in [-0.15, -0.1) is 0 Å². The molecule has 0 atom stereocenters. The maximum atomic E-state index is 2.44. The fourth-order valence-electron chi connectivity index (χ4n) is 4.66. The van der Waals surface area contributed by atoms with E-state index in [0.717, 1.165) is 0 Å². The number of rotatable bonds is 2. The minimum atomic E-state index is 0.0948. The molecule has 0 N–H and O–H groups in total. The Labute approximate surface area is 163 Å². The topological polar surface area (TPSA) is 3.88 Å². The Bertz CT molecular complexity index is 899. The van der Waals surface area contributed by atoms with Crippen LogP contribution < -0.4 is 4.57 Å². The highest BCUT2D eigenvalue weighted by Crippen LogP contribution is 2.61. The van der Waals surface area contributed by atoms with Crippen LogP contribution in [-0.4, -0.2) is 0 Å². The Hall–Kier alpha value is -2.41. The zero-order chi connectivity index (χ0) is 19.4.